The monoisotopic (exact) mass is 706 g/mol. The lowest BCUT2D eigenvalue weighted by molar-refractivity contribution is -0.131. The van der Waals surface area contributed by atoms with Gasteiger partial charge in [0.2, 0.25) is 23.7 Å². The number of aromatic nitrogens is 2. The molecular weight excluding hydrogens is 652 g/mol. The third-order valence-electron chi connectivity index (χ3n) is 8.64. The molecule has 13 nitrogen and oxygen atoms in total. The van der Waals surface area contributed by atoms with Gasteiger partial charge in [0.25, 0.3) is 0 Å². The second kappa shape index (κ2) is 21.5. The predicted octanol–water partition coefficient (Wildman–Crippen LogP) is 4.01. The lowest BCUT2D eigenvalue weighted by Crippen LogP contribution is -2.54. The summed E-state index contributed by atoms with van der Waals surface area (Å²) in [4.78, 5) is 59.3. The van der Waals surface area contributed by atoms with Gasteiger partial charge < -0.3 is 35.9 Å². The van der Waals surface area contributed by atoms with Crippen molar-refractivity contribution >= 4 is 29.8 Å². The highest BCUT2D eigenvalue weighted by Crippen LogP contribution is 2.15. The van der Waals surface area contributed by atoms with Gasteiger partial charge >= 0.3 is 6.09 Å². The van der Waals surface area contributed by atoms with Crippen LogP contribution in [0.5, 0.6) is 0 Å². The molecule has 0 aliphatic heterocycles. The van der Waals surface area contributed by atoms with Gasteiger partial charge in [-0.05, 0) is 42.2 Å². The van der Waals surface area contributed by atoms with Crippen LogP contribution in [0.3, 0.4) is 0 Å². The molecule has 51 heavy (non-hydrogen) atoms. The van der Waals surface area contributed by atoms with Crippen LogP contribution in [0.4, 0.5) is 10.7 Å². The Balaban J connectivity index is 1.69. The van der Waals surface area contributed by atoms with Gasteiger partial charge in [0.05, 0.1) is 37.4 Å². The molecular formula is C38H54N6O7. The number of carbonyl (C=O) groups excluding carboxylic acids is 4. The molecule has 4 amide bonds. The highest BCUT2D eigenvalue weighted by molar-refractivity contribution is 5.88. The Bertz CT molecular complexity index is 1500. The number of ether oxygens (including phenoxy) is 1. The van der Waals surface area contributed by atoms with Gasteiger partial charge in [0.1, 0.15) is 12.6 Å². The first-order valence-electron chi connectivity index (χ1n) is 17.7. The van der Waals surface area contributed by atoms with E-state index in [0.717, 1.165) is 17.5 Å². The first kappa shape index (κ1) is 40.7. The minimum atomic E-state index is -1.22. The average molecular weight is 707 g/mol. The highest BCUT2D eigenvalue weighted by atomic mass is 16.5. The SMILES string of the molecule is CC[C@H](C)[C@@H](CO)NC(=O)CC(O)[C@H](CC(C)C)NC(=O)[C@H](Cc1cnc(NC(=O)OCc2ccccc2)[nH]1)NC(=O)CCCc1ccccc1. The van der Waals surface area contributed by atoms with Crippen molar-refractivity contribution in [1.29, 1.82) is 0 Å². The topological polar surface area (TPSA) is 195 Å². The molecule has 2 aromatic carbocycles. The van der Waals surface area contributed by atoms with Crippen molar-refractivity contribution in [1.82, 2.24) is 25.9 Å². The van der Waals surface area contributed by atoms with E-state index in [1.54, 1.807) is 0 Å². The maximum absolute atomic E-state index is 13.8. The third-order valence-corrected chi connectivity index (χ3v) is 8.64. The summed E-state index contributed by atoms with van der Waals surface area (Å²) in [6.07, 6.45) is 1.81. The fourth-order valence-corrected chi connectivity index (χ4v) is 5.53. The number of amides is 4. The van der Waals surface area contributed by atoms with E-state index in [0.29, 0.717) is 25.0 Å². The Hall–Kier alpha value is -4.75. The van der Waals surface area contributed by atoms with Crippen molar-refractivity contribution in [2.45, 2.75) is 103 Å². The lowest BCUT2D eigenvalue weighted by atomic mass is 9.95. The number of hydrogen-bond donors (Lipinski definition) is 7. The van der Waals surface area contributed by atoms with Crippen molar-refractivity contribution in [2.75, 3.05) is 11.9 Å². The molecule has 0 saturated carbocycles. The molecule has 0 bridgehead atoms. The van der Waals surface area contributed by atoms with E-state index in [2.05, 4.69) is 31.2 Å². The van der Waals surface area contributed by atoms with Crippen LogP contribution in [0.15, 0.2) is 66.9 Å². The van der Waals surface area contributed by atoms with Crippen LogP contribution in [0.2, 0.25) is 0 Å². The van der Waals surface area contributed by atoms with Crippen molar-refractivity contribution in [3.8, 4) is 0 Å². The summed E-state index contributed by atoms with van der Waals surface area (Å²) in [7, 11) is 0. The van der Waals surface area contributed by atoms with Crippen LogP contribution in [0, 0.1) is 11.8 Å². The van der Waals surface area contributed by atoms with E-state index in [-0.39, 0.29) is 56.2 Å². The fraction of sp³-hybridized carbons (Fsp3) is 0.500. The normalized spacial score (nSPS) is 14.1. The largest absolute Gasteiger partial charge is 0.444 e. The first-order chi connectivity index (χ1) is 24.5. The number of H-pyrrole nitrogens is 1. The molecule has 3 rings (SSSR count). The Morgan fingerprint density at radius 1 is 0.882 bits per heavy atom. The van der Waals surface area contributed by atoms with Crippen LogP contribution >= 0.6 is 0 Å². The van der Waals surface area contributed by atoms with Crippen LogP contribution in [-0.2, 0) is 38.6 Å². The molecule has 1 unspecified atom stereocenters. The third kappa shape index (κ3) is 14.9. The Labute approximate surface area is 300 Å². The average Bonchev–Trinajstić information content (AvgIpc) is 3.55. The summed E-state index contributed by atoms with van der Waals surface area (Å²) in [6.45, 7) is 7.60. The van der Waals surface area contributed by atoms with E-state index in [1.165, 1.54) is 6.20 Å². The molecule has 3 aromatic rings. The summed E-state index contributed by atoms with van der Waals surface area (Å²) < 4.78 is 5.26. The van der Waals surface area contributed by atoms with Gasteiger partial charge in [-0.15, -0.1) is 0 Å². The van der Waals surface area contributed by atoms with Gasteiger partial charge in [-0.2, -0.15) is 0 Å². The summed E-state index contributed by atoms with van der Waals surface area (Å²) in [6, 6.07) is 16.7. The molecule has 0 spiro atoms. The number of aromatic amines is 1. The molecule has 0 radical (unpaired) electrons. The smallest absolute Gasteiger partial charge is 0.414 e. The fourth-order valence-electron chi connectivity index (χ4n) is 5.53. The molecule has 5 atom stereocenters. The number of nitrogens with zero attached hydrogens (tertiary/aromatic N) is 1. The quantitative estimate of drug-likeness (QED) is 0.0863. The summed E-state index contributed by atoms with van der Waals surface area (Å²) in [5.74, 6) is -1.10. The van der Waals surface area contributed by atoms with Gasteiger partial charge in [0.15, 0.2) is 0 Å². The minimum Gasteiger partial charge on any atom is -0.444 e. The maximum Gasteiger partial charge on any atom is 0.414 e. The summed E-state index contributed by atoms with van der Waals surface area (Å²) in [5.41, 5.74) is 2.38. The second-order valence-corrected chi connectivity index (χ2v) is 13.4. The number of hydrogen-bond acceptors (Lipinski definition) is 8. The van der Waals surface area contributed by atoms with Gasteiger partial charge in [-0.25, -0.2) is 9.78 Å². The van der Waals surface area contributed by atoms with Crippen LogP contribution in [0.25, 0.3) is 0 Å². The van der Waals surface area contributed by atoms with E-state index in [9.17, 15) is 29.4 Å². The minimum absolute atomic E-state index is 0.00205. The molecule has 278 valence electrons. The number of carbonyl (C=O) groups is 4. The predicted molar refractivity (Wildman–Crippen MR) is 194 cm³/mol. The maximum atomic E-state index is 13.8. The lowest BCUT2D eigenvalue weighted by Gasteiger charge is -2.29. The molecule has 0 saturated heterocycles. The Kier molecular flexibility index (Phi) is 17.1. The Morgan fingerprint density at radius 2 is 1.55 bits per heavy atom. The summed E-state index contributed by atoms with van der Waals surface area (Å²) >= 11 is 0. The van der Waals surface area contributed by atoms with E-state index in [4.69, 9.17) is 4.74 Å². The molecule has 0 aliphatic carbocycles. The number of aliphatic hydroxyl groups excluding tert-OH is 2. The van der Waals surface area contributed by atoms with Crippen LogP contribution < -0.4 is 21.3 Å². The number of anilines is 1. The zero-order chi connectivity index (χ0) is 37.2. The van der Waals surface area contributed by atoms with Crippen LogP contribution in [-0.4, -0.2) is 74.8 Å². The molecule has 1 aromatic heterocycles. The van der Waals surface area contributed by atoms with Gasteiger partial charge in [0, 0.05) is 18.5 Å². The van der Waals surface area contributed by atoms with E-state index >= 15 is 0 Å². The molecule has 0 fully saturated rings. The number of imidazole rings is 1. The second-order valence-electron chi connectivity index (χ2n) is 13.4. The van der Waals surface area contributed by atoms with Crippen LogP contribution in [0.1, 0.15) is 76.6 Å². The van der Waals surface area contributed by atoms with Gasteiger partial charge in [-0.3, -0.25) is 19.7 Å². The number of benzene rings is 2. The standard InChI is InChI=1S/C38H54N6O7/c1-5-26(4)32(23-45)42-35(48)21-33(46)30(19-25(2)3)43-36(49)31(41-34(47)18-12-17-27-13-8-6-9-14-27)20-29-22-39-37(40-29)44-38(50)51-24-28-15-10-7-11-16-28/h6-11,13-16,22,25-26,30-33,45-46H,5,12,17-21,23-24H2,1-4H3,(H,41,47)(H,42,48)(H,43,49)(H2,39,40,44,50)/t26-,30-,31-,32+,33?/m0/s1. The number of nitrogens with one attached hydrogen (secondary N) is 5. The van der Waals surface area contributed by atoms with Crippen molar-refractivity contribution in [3.05, 3.63) is 83.7 Å². The number of rotatable bonds is 21. The van der Waals surface area contributed by atoms with E-state index in [1.807, 2.05) is 88.4 Å². The molecule has 0 aliphatic rings. The molecule has 1 heterocycles. The van der Waals surface area contributed by atoms with E-state index < -0.39 is 42.1 Å². The highest BCUT2D eigenvalue weighted by Gasteiger charge is 2.30. The molecule has 7 N–H and O–H groups in total. The molecule has 13 heteroatoms. The van der Waals surface area contributed by atoms with Gasteiger partial charge in [-0.1, -0.05) is 94.8 Å². The Morgan fingerprint density at radius 3 is 2.18 bits per heavy atom. The van der Waals surface area contributed by atoms with Crippen molar-refractivity contribution < 1.29 is 34.1 Å². The zero-order valence-corrected chi connectivity index (χ0v) is 30.1. The van der Waals surface area contributed by atoms with Crippen molar-refractivity contribution in [2.24, 2.45) is 11.8 Å². The number of aliphatic hydroxyl groups is 2. The zero-order valence-electron chi connectivity index (χ0n) is 30.1. The number of aryl methyl sites for hydroxylation is 1. The summed E-state index contributed by atoms with van der Waals surface area (Å²) in [5, 5.41) is 31.9. The first-order valence-corrected chi connectivity index (χ1v) is 17.7. The van der Waals surface area contributed by atoms with Crippen molar-refractivity contribution in [3.63, 3.8) is 0 Å².